The summed E-state index contributed by atoms with van der Waals surface area (Å²) >= 11 is 0. The standard InChI is InChI=1S/C35H47N/c1-3-5-7-9-11-18-27-35(28-19-12-10-8-6-4-2)31-24-17-16-23-30(31)34-32(35)25-20-26-33(34)36-29-21-14-13-15-22-29/h13-17,20-26,36H,3-12,18-19,27-28H2,1-2H3. The van der Waals surface area contributed by atoms with E-state index in [9.17, 15) is 0 Å². The molecule has 0 heterocycles. The van der Waals surface area contributed by atoms with Gasteiger partial charge in [0.2, 0.25) is 0 Å². The van der Waals surface area contributed by atoms with E-state index >= 15 is 0 Å². The number of benzene rings is 3. The molecule has 3 aromatic rings. The smallest absolute Gasteiger partial charge is 0.0467 e. The topological polar surface area (TPSA) is 12.0 Å². The maximum Gasteiger partial charge on any atom is 0.0467 e. The van der Waals surface area contributed by atoms with Crippen molar-refractivity contribution in [1.29, 1.82) is 0 Å². The molecule has 0 unspecified atom stereocenters. The summed E-state index contributed by atoms with van der Waals surface area (Å²) in [4.78, 5) is 0. The highest BCUT2D eigenvalue weighted by Crippen LogP contribution is 2.56. The maximum atomic E-state index is 3.76. The van der Waals surface area contributed by atoms with Crippen molar-refractivity contribution in [1.82, 2.24) is 0 Å². The molecule has 0 spiro atoms. The van der Waals surface area contributed by atoms with Gasteiger partial charge in [0, 0.05) is 22.4 Å². The zero-order chi connectivity index (χ0) is 25.1. The first kappa shape index (κ1) is 26.5. The molecule has 1 aliphatic rings. The van der Waals surface area contributed by atoms with Gasteiger partial charge in [-0.1, -0.05) is 145 Å². The van der Waals surface area contributed by atoms with E-state index in [0.717, 1.165) is 5.69 Å². The number of rotatable bonds is 16. The van der Waals surface area contributed by atoms with Crippen LogP contribution in [0.1, 0.15) is 115 Å². The van der Waals surface area contributed by atoms with Gasteiger partial charge >= 0.3 is 0 Å². The summed E-state index contributed by atoms with van der Waals surface area (Å²) in [6, 6.07) is 27.0. The maximum absolute atomic E-state index is 3.76. The van der Waals surface area contributed by atoms with Gasteiger partial charge in [0.1, 0.15) is 0 Å². The van der Waals surface area contributed by atoms with Gasteiger partial charge in [-0.2, -0.15) is 0 Å². The molecule has 0 saturated heterocycles. The van der Waals surface area contributed by atoms with Crippen LogP contribution in [0.4, 0.5) is 11.4 Å². The normalized spacial score (nSPS) is 13.4. The summed E-state index contributed by atoms with van der Waals surface area (Å²) in [5.74, 6) is 0. The van der Waals surface area contributed by atoms with Gasteiger partial charge in [0.15, 0.2) is 0 Å². The second-order valence-electron chi connectivity index (χ2n) is 10.9. The highest BCUT2D eigenvalue weighted by molar-refractivity contribution is 5.91. The Balaban J connectivity index is 1.64. The average Bonchev–Trinajstić information content (AvgIpc) is 3.19. The van der Waals surface area contributed by atoms with E-state index in [0.29, 0.717) is 0 Å². The minimum Gasteiger partial charge on any atom is -0.355 e. The van der Waals surface area contributed by atoms with Crippen LogP contribution in [0.3, 0.4) is 0 Å². The molecule has 1 aliphatic carbocycles. The quantitative estimate of drug-likeness (QED) is 0.201. The highest BCUT2D eigenvalue weighted by atomic mass is 14.9. The van der Waals surface area contributed by atoms with E-state index in [-0.39, 0.29) is 5.41 Å². The lowest BCUT2D eigenvalue weighted by Crippen LogP contribution is -2.25. The number of unbranched alkanes of at least 4 members (excludes halogenated alkanes) is 10. The van der Waals surface area contributed by atoms with E-state index < -0.39 is 0 Å². The van der Waals surface area contributed by atoms with Crippen molar-refractivity contribution >= 4 is 11.4 Å². The van der Waals surface area contributed by atoms with E-state index in [1.807, 2.05) is 0 Å². The van der Waals surface area contributed by atoms with Gasteiger partial charge in [-0.15, -0.1) is 0 Å². The number of fused-ring (bicyclic) bond motifs is 3. The van der Waals surface area contributed by atoms with Crippen LogP contribution in [-0.2, 0) is 5.41 Å². The van der Waals surface area contributed by atoms with Crippen LogP contribution >= 0.6 is 0 Å². The number of anilines is 2. The second kappa shape index (κ2) is 13.7. The molecule has 0 amide bonds. The molecule has 36 heavy (non-hydrogen) atoms. The van der Waals surface area contributed by atoms with Gasteiger partial charge < -0.3 is 5.32 Å². The Kier molecular flexibility index (Phi) is 10.1. The zero-order valence-corrected chi connectivity index (χ0v) is 22.8. The Morgan fingerprint density at radius 3 is 1.75 bits per heavy atom. The Labute approximate surface area is 220 Å². The van der Waals surface area contributed by atoms with Crippen molar-refractivity contribution in [3.8, 4) is 11.1 Å². The summed E-state index contributed by atoms with van der Waals surface area (Å²) in [6.45, 7) is 4.62. The molecule has 1 nitrogen and oxygen atoms in total. The minimum absolute atomic E-state index is 0.149. The van der Waals surface area contributed by atoms with Gasteiger partial charge in [0.25, 0.3) is 0 Å². The third-order valence-corrected chi connectivity index (χ3v) is 8.26. The lowest BCUT2D eigenvalue weighted by atomic mass is 9.70. The number of hydrogen-bond acceptors (Lipinski definition) is 1. The lowest BCUT2D eigenvalue weighted by Gasteiger charge is -2.33. The molecule has 3 aromatic carbocycles. The number of hydrogen-bond donors (Lipinski definition) is 1. The third kappa shape index (κ3) is 6.23. The summed E-state index contributed by atoms with van der Waals surface area (Å²) in [5.41, 5.74) is 8.58. The summed E-state index contributed by atoms with van der Waals surface area (Å²) in [6.07, 6.45) is 18.8. The van der Waals surface area contributed by atoms with Crippen LogP contribution in [0, 0.1) is 0 Å². The summed E-state index contributed by atoms with van der Waals surface area (Å²) in [7, 11) is 0. The molecule has 192 valence electrons. The fourth-order valence-electron chi connectivity index (χ4n) is 6.36. The molecule has 0 radical (unpaired) electrons. The molecule has 0 aromatic heterocycles. The Bertz CT molecular complexity index is 1040. The first-order valence-corrected chi connectivity index (χ1v) is 14.9. The number of para-hydroxylation sites is 1. The van der Waals surface area contributed by atoms with Crippen LogP contribution in [0.5, 0.6) is 0 Å². The van der Waals surface area contributed by atoms with Crippen LogP contribution in [-0.4, -0.2) is 0 Å². The van der Waals surface area contributed by atoms with Crippen LogP contribution in [0.25, 0.3) is 11.1 Å². The molecule has 1 N–H and O–H groups in total. The van der Waals surface area contributed by atoms with Crippen molar-refractivity contribution in [2.75, 3.05) is 5.32 Å². The fraction of sp³-hybridized carbons (Fsp3) is 0.486. The van der Waals surface area contributed by atoms with Gasteiger partial charge in [-0.25, -0.2) is 0 Å². The Morgan fingerprint density at radius 2 is 1.08 bits per heavy atom. The first-order valence-electron chi connectivity index (χ1n) is 14.9. The monoisotopic (exact) mass is 481 g/mol. The molecule has 0 saturated carbocycles. The lowest BCUT2D eigenvalue weighted by molar-refractivity contribution is 0.398. The molecule has 1 heteroatoms. The zero-order valence-electron chi connectivity index (χ0n) is 22.8. The Morgan fingerprint density at radius 1 is 0.528 bits per heavy atom. The molecular weight excluding hydrogens is 434 g/mol. The molecule has 4 rings (SSSR count). The van der Waals surface area contributed by atoms with Crippen LogP contribution in [0.15, 0.2) is 72.8 Å². The van der Waals surface area contributed by atoms with Gasteiger partial charge in [0.05, 0.1) is 0 Å². The predicted molar refractivity (Wildman–Crippen MR) is 158 cm³/mol. The van der Waals surface area contributed by atoms with E-state index in [1.54, 1.807) is 11.1 Å². The van der Waals surface area contributed by atoms with Crippen molar-refractivity contribution in [2.24, 2.45) is 0 Å². The van der Waals surface area contributed by atoms with Crippen molar-refractivity contribution in [3.05, 3.63) is 83.9 Å². The summed E-state index contributed by atoms with van der Waals surface area (Å²) < 4.78 is 0. The first-order chi connectivity index (χ1) is 17.8. The van der Waals surface area contributed by atoms with E-state index in [2.05, 4.69) is 92.0 Å². The molecule has 0 aliphatic heterocycles. The van der Waals surface area contributed by atoms with E-state index in [1.165, 1.54) is 107 Å². The minimum atomic E-state index is 0.149. The molecular formula is C35H47N. The third-order valence-electron chi connectivity index (χ3n) is 8.26. The van der Waals surface area contributed by atoms with Crippen molar-refractivity contribution < 1.29 is 0 Å². The highest BCUT2D eigenvalue weighted by Gasteiger charge is 2.42. The molecule has 0 fully saturated rings. The average molecular weight is 482 g/mol. The largest absolute Gasteiger partial charge is 0.355 e. The van der Waals surface area contributed by atoms with Crippen molar-refractivity contribution in [2.45, 2.75) is 109 Å². The van der Waals surface area contributed by atoms with Gasteiger partial charge in [-0.05, 0) is 47.7 Å². The van der Waals surface area contributed by atoms with Crippen LogP contribution < -0.4 is 5.32 Å². The Hall–Kier alpha value is -2.54. The van der Waals surface area contributed by atoms with E-state index in [4.69, 9.17) is 0 Å². The molecule has 0 bridgehead atoms. The van der Waals surface area contributed by atoms with Crippen LogP contribution in [0.2, 0.25) is 0 Å². The second-order valence-corrected chi connectivity index (χ2v) is 10.9. The number of nitrogens with one attached hydrogen (secondary N) is 1. The fourth-order valence-corrected chi connectivity index (χ4v) is 6.36. The van der Waals surface area contributed by atoms with Gasteiger partial charge in [-0.3, -0.25) is 0 Å². The van der Waals surface area contributed by atoms with Crippen molar-refractivity contribution in [3.63, 3.8) is 0 Å². The SMILES string of the molecule is CCCCCCCCC1(CCCCCCCC)c2ccccc2-c2c(Nc3ccccc3)cccc21. The predicted octanol–water partition coefficient (Wildman–Crippen LogP) is 11.2. The molecule has 0 atom stereocenters. The summed E-state index contributed by atoms with van der Waals surface area (Å²) in [5, 5.41) is 3.76.